The molecular weight excluding hydrogens is 550 g/mol. The summed E-state index contributed by atoms with van der Waals surface area (Å²) in [4.78, 5) is 15.0. The van der Waals surface area contributed by atoms with Crippen LogP contribution >= 0.6 is 34.8 Å². The van der Waals surface area contributed by atoms with Gasteiger partial charge in [-0.15, -0.1) is 0 Å². The Morgan fingerprint density at radius 1 is 0.971 bits per heavy atom. The van der Waals surface area contributed by atoms with Gasteiger partial charge in [-0.25, -0.2) is 4.39 Å². The summed E-state index contributed by atoms with van der Waals surface area (Å²) in [6.45, 7) is 1.41. The molecule has 0 bridgehead atoms. The van der Waals surface area contributed by atoms with E-state index in [1.807, 2.05) is 0 Å². The average molecular weight is 565 g/mol. The second kappa shape index (κ2) is 10.6. The summed E-state index contributed by atoms with van der Waals surface area (Å²) in [7, 11) is 0. The average Bonchev–Trinajstić information content (AvgIpc) is 2.73. The first-order valence-electron chi connectivity index (χ1n) is 9.34. The Hall–Kier alpha value is -2.50. The molecule has 0 aliphatic rings. The summed E-state index contributed by atoms with van der Waals surface area (Å²) in [5.41, 5.74) is -1.16. The van der Waals surface area contributed by atoms with Gasteiger partial charge in [0.15, 0.2) is 0 Å². The highest BCUT2D eigenvalue weighted by Gasteiger charge is 2.73. The van der Waals surface area contributed by atoms with E-state index in [1.54, 1.807) is 12.1 Å². The molecule has 190 valence electrons. The number of rotatable bonds is 6. The van der Waals surface area contributed by atoms with Gasteiger partial charge in [-0.2, -0.15) is 26.3 Å². The molecule has 14 heteroatoms. The molecule has 0 saturated carbocycles. The number of carbonyl (C=O) groups excluding carboxylic acids is 1. The maximum absolute atomic E-state index is 14.3. The molecule has 0 aliphatic carbocycles. The number of nitrogens with zero attached hydrogens (tertiary/aromatic N) is 1. The van der Waals surface area contributed by atoms with E-state index in [0.29, 0.717) is 16.1 Å². The highest BCUT2D eigenvalue weighted by Crippen LogP contribution is 2.54. The third-order valence-corrected chi connectivity index (χ3v) is 5.56. The van der Waals surface area contributed by atoms with Gasteiger partial charge >= 0.3 is 18.0 Å². The van der Waals surface area contributed by atoms with Gasteiger partial charge < -0.3 is 11.1 Å². The zero-order valence-electron chi connectivity index (χ0n) is 17.5. The van der Waals surface area contributed by atoms with E-state index in [-0.39, 0.29) is 30.2 Å². The van der Waals surface area contributed by atoms with Crippen LogP contribution in [0.3, 0.4) is 0 Å². The van der Waals surface area contributed by atoms with Crippen molar-refractivity contribution in [2.45, 2.75) is 31.5 Å². The number of allylic oxidation sites excluding steroid dienone is 1. The highest BCUT2D eigenvalue weighted by atomic mass is 35.5. The summed E-state index contributed by atoms with van der Waals surface area (Å²) < 4.78 is 92.5. The Kier molecular flexibility index (Phi) is 8.73. The topological polar surface area (TPSA) is 67.5 Å². The summed E-state index contributed by atoms with van der Waals surface area (Å²) in [5.74, 6) is -0.302. The van der Waals surface area contributed by atoms with Crippen molar-refractivity contribution >= 4 is 58.2 Å². The number of nitrogens with one attached hydrogen (secondary N) is 1. The van der Waals surface area contributed by atoms with E-state index in [0.717, 1.165) is 12.4 Å². The molecule has 0 fully saturated rings. The quantitative estimate of drug-likeness (QED) is 0.286. The van der Waals surface area contributed by atoms with Crippen molar-refractivity contribution in [1.29, 1.82) is 0 Å². The van der Waals surface area contributed by atoms with Gasteiger partial charge in [-0.1, -0.05) is 40.9 Å². The van der Waals surface area contributed by atoms with Crippen molar-refractivity contribution in [3.8, 4) is 0 Å². The standard InChI is InChI=1S/C21H15Cl3F7N3O/c1-10(35)33-8-12-4-11(2-3-15(12)22)13(7-32)9-34-18-16(23)5-14(6-17(18)24)19(25,20(26,27)28)21(29,30)31/h2-7,9H,8,32H2,1H3,(H,33,35). The number of nitrogens with two attached hydrogens (primary N) is 1. The molecule has 1 amide bonds. The molecule has 0 unspecified atom stereocenters. The fourth-order valence-electron chi connectivity index (χ4n) is 2.83. The summed E-state index contributed by atoms with van der Waals surface area (Å²) in [6, 6.07) is 4.93. The Labute approximate surface area is 209 Å². The monoisotopic (exact) mass is 563 g/mol. The molecule has 35 heavy (non-hydrogen) atoms. The zero-order chi connectivity index (χ0) is 26.8. The lowest BCUT2D eigenvalue weighted by atomic mass is 9.94. The second-order valence-corrected chi connectivity index (χ2v) is 8.26. The van der Waals surface area contributed by atoms with Crippen LogP contribution in [-0.2, 0) is 17.0 Å². The number of benzene rings is 2. The van der Waals surface area contributed by atoms with E-state index in [1.165, 1.54) is 13.0 Å². The normalized spacial score (nSPS) is 13.4. The van der Waals surface area contributed by atoms with Gasteiger partial charge in [0.25, 0.3) is 0 Å². The van der Waals surface area contributed by atoms with Crippen LogP contribution in [-0.4, -0.2) is 24.5 Å². The lowest BCUT2D eigenvalue weighted by Crippen LogP contribution is -2.50. The van der Waals surface area contributed by atoms with Crippen molar-refractivity contribution in [3.05, 3.63) is 68.3 Å². The van der Waals surface area contributed by atoms with E-state index >= 15 is 0 Å². The van der Waals surface area contributed by atoms with Crippen molar-refractivity contribution in [2.24, 2.45) is 10.7 Å². The van der Waals surface area contributed by atoms with Gasteiger partial charge in [0.05, 0.1) is 10.0 Å². The maximum atomic E-state index is 14.3. The molecule has 2 aromatic rings. The molecule has 0 heterocycles. The smallest absolute Gasteiger partial charge is 0.404 e. The first-order valence-corrected chi connectivity index (χ1v) is 10.5. The number of hydrogen-bond acceptors (Lipinski definition) is 3. The summed E-state index contributed by atoms with van der Waals surface area (Å²) in [5, 5.41) is 1.37. The largest absolute Gasteiger partial charge is 0.435 e. The van der Waals surface area contributed by atoms with Crippen molar-refractivity contribution in [1.82, 2.24) is 5.32 Å². The van der Waals surface area contributed by atoms with Gasteiger partial charge in [-0.05, 0) is 35.4 Å². The maximum Gasteiger partial charge on any atom is 0.435 e. The molecule has 0 spiro atoms. The van der Waals surface area contributed by atoms with Crippen LogP contribution in [0.4, 0.5) is 36.4 Å². The fourth-order valence-corrected chi connectivity index (χ4v) is 3.60. The molecule has 2 aromatic carbocycles. The third-order valence-electron chi connectivity index (χ3n) is 4.62. The first kappa shape index (κ1) is 28.7. The molecule has 4 nitrogen and oxygen atoms in total. The third kappa shape index (κ3) is 6.20. The lowest BCUT2D eigenvalue weighted by Gasteiger charge is -2.30. The first-order chi connectivity index (χ1) is 16.0. The molecular formula is C21H15Cl3F7N3O. The summed E-state index contributed by atoms with van der Waals surface area (Å²) in [6.07, 6.45) is -10.5. The van der Waals surface area contributed by atoms with Crippen LogP contribution in [0.1, 0.15) is 23.6 Å². The number of amides is 1. The predicted molar refractivity (Wildman–Crippen MR) is 121 cm³/mol. The lowest BCUT2D eigenvalue weighted by molar-refractivity contribution is -0.348. The Balaban J connectivity index is 2.47. The predicted octanol–water partition coefficient (Wildman–Crippen LogP) is 7.27. The molecule has 0 aliphatic heterocycles. The van der Waals surface area contributed by atoms with Crippen LogP contribution in [0.5, 0.6) is 0 Å². The number of halogens is 10. The van der Waals surface area contributed by atoms with Gasteiger partial charge in [0.2, 0.25) is 5.91 Å². The van der Waals surface area contributed by atoms with Crippen LogP contribution in [0, 0.1) is 0 Å². The van der Waals surface area contributed by atoms with Gasteiger partial charge in [0.1, 0.15) is 5.69 Å². The van der Waals surface area contributed by atoms with Gasteiger partial charge in [0, 0.05) is 42.0 Å². The Morgan fingerprint density at radius 3 is 1.97 bits per heavy atom. The Morgan fingerprint density at radius 2 is 1.51 bits per heavy atom. The van der Waals surface area contributed by atoms with E-state index < -0.39 is 39.3 Å². The number of carbonyl (C=O) groups is 1. The Bertz CT molecular complexity index is 1140. The summed E-state index contributed by atoms with van der Waals surface area (Å²) >= 11 is 17.7. The van der Waals surface area contributed by atoms with Crippen molar-refractivity contribution in [2.75, 3.05) is 0 Å². The minimum Gasteiger partial charge on any atom is -0.404 e. The SMILES string of the molecule is CC(=O)NCc1cc(C(C=Nc2c(Cl)cc(C(F)(C(F)(F)F)C(F)(F)F)cc2Cl)=CN)ccc1Cl. The van der Waals surface area contributed by atoms with Crippen molar-refractivity contribution < 1.29 is 35.5 Å². The molecule has 0 radical (unpaired) electrons. The molecule has 0 aromatic heterocycles. The number of alkyl halides is 7. The minimum absolute atomic E-state index is 0.0967. The minimum atomic E-state index is -6.33. The molecule has 0 saturated heterocycles. The van der Waals surface area contributed by atoms with Gasteiger partial charge in [-0.3, -0.25) is 9.79 Å². The van der Waals surface area contributed by atoms with E-state index in [4.69, 9.17) is 40.5 Å². The van der Waals surface area contributed by atoms with Crippen LogP contribution < -0.4 is 11.1 Å². The highest BCUT2D eigenvalue weighted by molar-refractivity contribution is 6.39. The molecule has 3 N–H and O–H groups in total. The van der Waals surface area contributed by atoms with Crippen LogP contribution in [0.25, 0.3) is 5.57 Å². The van der Waals surface area contributed by atoms with Crippen molar-refractivity contribution in [3.63, 3.8) is 0 Å². The molecule has 0 atom stereocenters. The fraction of sp³-hybridized carbons (Fsp3) is 0.238. The molecule has 2 rings (SSSR count). The van der Waals surface area contributed by atoms with E-state index in [9.17, 15) is 35.5 Å². The zero-order valence-corrected chi connectivity index (χ0v) is 19.7. The van der Waals surface area contributed by atoms with Crippen LogP contribution in [0.2, 0.25) is 15.1 Å². The number of aliphatic imine (C=N–C) groups is 1. The van der Waals surface area contributed by atoms with Crippen LogP contribution in [0.15, 0.2) is 41.5 Å². The number of hydrogen-bond donors (Lipinski definition) is 2. The van der Waals surface area contributed by atoms with E-state index in [2.05, 4.69) is 10.3 Å². The second-order valence-electron chi connectivity index (χ2n) is 7.04.